The SMILES string of the molecule is Cl.O=C(CNCC1CC1)NCc1ccccc1OC(F)(F)F. The second-order valence-corrected chi connectivity index (χ2v) is 5.01. The van der Waals surface area contributed by atoms with E-state index in [1.165, 1.54) is 31.0 Å². The fourth-order valence-electron chi connectivity index (χ4n) is 1.84. The minimum absolute atomic E-state index is 0. The first-order valence-corrected chi connectivity index (χ1v) is 6.75. The zero-order chi connectivity index (χ0) is 15.3. The lowest BCUT2D eigenvalue weighted by atomic mass is 10.2. The smallest absolute Gasteiger partial charge is 0.405 e. The highest BCUT2D eigenvalue weighted by Crippen LogP contribution is 2.27. The Kier molecular flexibility index (Phi) is 6.96. The topological polar surface area (TPSA) is 50.4 Å². The van der Waals surface area contributed by atoms with E-state index in [2.05, 4.69) is 15.4 Å². The number of alkyl halides is 3. The van der Waals surface area contributed by atoms with E-state index in [1.807, 2.05) is 0 Å². The second kappa shape index (κ2) is 8.24. The van der Waals surface area contributed by atoms with Crippen LogP contribution in [0.2, 0.25) is 0 Å². The summed E-state index contributed by atoms with van der Waals surface area (Å²) in [6.07, 6.45) is -2.36. The molecule has 0 bridgehead atoms. The van der Waals surface area contributed by atoms with Gasteiger partial charge in [-0.3, -0.25) is 4.79 Å². The van der Waals surface area contributed by atoms with E-state index in [4.69, 9.17) is 0 Å². The van der Waals surface area contributed by atoms with E-state index in [0.717, 1.165) is 6.54 Å². The summed E-state index contributed by atoms with van der Waals surface area (Å²) in [5.41, 5.74) is 0.283. The van der Waals surface area contributed by atoms with E-state index >= 15 is 0 Å². The third-order valence-corrected chi connectivity index (χ3v) is 3.09. The first-order chi connectivity index (χ1) is 9.94. The molecule has 22 heavy (non-hydrogen) atoms. The van der Waals surface area contributed by atoms with Gasteiger partial charge in [-0.2, -0.15) is 0 Å². The summed E-state index contributed by atoms with van der Waals surface area (Å²) in [6, 6.07) is 5.75. The van der Waals surface area contributed by atoms with Crippen LogP contribution in [-0.4, -0.2) is 25.4 Å². The maximum absolute atomic E-state index is 12.2. The van der Waals surface area contributed by atoms with Crippen LogP contribution in [0.4, 0.5) is 13.2 Å². The molecule has 0 unspecified atom stereocenters. The van der Waals surface area contributed by atoms with Gasteiger partial charge < -0.3 is 15.4 Å². The first kappa shape index (κ1) is 18.6. The number of rotatable bonds is 7. The number of nitrogens with one attached hydrogen (secondary N) is 2. The molecule has 1 amide bonds. The number of benzene rings is 1. The normalized spacial score (nSPS) is 14.1. The average Bonchev–Trinajstić information content (AvgIpc) is 3.20. The summed E-state index contributed by atoms with van der Waals surface area (Å²) in [4.78, 5) is 11.6. The second-order valence-electron chi connectivity index (χ2n) is 5.01. The average molecular weight is 339 g/mol. The van der Waals surface area contributed by atoms with Crippen LogP contribution in [0.1, 0.15) is 18.4 Å². The Balaban J connectivity index is 0.00000242. The molecule has 4 nitrogen and oxygen atoms in total. The standard InChI is InChI=1S/C14H17F3N2O2.ClH/c15-14(16,17)21-12-4-2-1-3-11(12)8-19-13(20)9-18-7-10-5-6-10;/h1-4,10,18H,5-9H2,(H,19,20);1H. The molecule has 1 aromatic carbocycles. The number of halogens is 4. The van der Waals surface area contributed by atoms with E-state index in [9.17, 15) is 18.0 Å². The maximum Gasteiger partial charge on any atom is 0.573 e. The van der Waals surface area contributed by atoms with Crippen LogP contribution in [0.15, 0.2) is 24.3 Å². The highest BCUT2D eigenvalue weighted by molar-refractivity contribution is 5.85. The fourth-order valence-corrected chi connectivity index (χ4v) is 1.84. The van der Waals surface area contributed by atoms with Gasteiger partial charge in [0.15, 0.2) is 0 Å². The molecule has 1 fully saturated rings. The third-order valence-electron chi connectivity index (χ3n) is 3.09. The Bertz CT molecular complexity index is 493. The van der Waals surface area contributed by atoms with Gasteiger partial charge in [0.05, 0.1) is 6.54 Å². The van der Waals surface area contributed by atoms with Crippen LogP contribution in [0.25, 0.3) is 0 Å². The molecular formula is C14H18ClF3N2O2. The Morgan fingerprint density at radius 1 is 1.27 bits per heavy atom. The highest BCUT2D eigenvalue weighted by atomic mass is 35.5. The number of hydrogen-bond acceptors (Lipinski definition) is 3. The molecule has 0 atom stereocenters. The molecule has 1 aliphatic rings. The van der Waals surface area contributed by atoms with Gasteiger partial charge in [0.1, 0.15) is 5.75 Å². The number of amides is 1. The third kappa shape index (κ3) is 7.00. The van der Waals surface area contributed by atoms with Gasteiger partial charge in [-0.05, 0) is 31.4 Å². The van der Waals surface area contributed by atoms with Gasteiger partial charge >= 0.3 is 6.36 Å². The van der Waals surface area contributed by atoms with Crippen molar-refractivity contribution in [2.75, 3.05) is 13.1 Å². The molecule has 0 aliphatic heterocycles. The molecule has 124 valence electrons. The molecule has 0 aromatic heterocycles. The lowest BCUT2D eigenvalue weighted by molar-refractivity contribution is -0.274. The number of carbonyl (C=O) groups is 1. The maximum atomic E-state index is 12.2. The van der Waals surface area contributed by atoms with Gasteiger partial charge in [-0.15, -0.1) is 25.6 Å². The summed E-state index contributed by atoms with van der Waals surface area (Å²) < 4.78 is 40.7. The molecular weight excluding hydrogens is 321 g/mol. The minimum atomic E-state index is -4.74. The van der Waals surface area contributed by atoms with Crippen molar-refractivity contribution >= 4 is 18.3 Å². The summed E-state index contributed by atoms with van der Waals surface area (Å²) in [5.74, 6) is 0.118. The summed E-state index contributed by atoms with van der Waals surface area (Å²) in [7, 11) is 0. The molecule has 8 heteroatoms. The van der Waals surface area contributed by atoms with Crippen LogP contribution < -0.4 is 15.4 Å². The van der Waals surface area contributed by atoms with E-state index < -0.39 is 6.36 Å². The lowest BCUT2D eigenvalue weighted by Gasteiger charge is -2.13. The Morgan fingerprint density at radius 2 is 1.95 bits per heavy atom. The number of ether oxygens (including phenoxy) is 1. The Hall–Kier alpha value is -1.47. The summed E-state index contributed by atoms with van der Waals surface area (Å²) >= 11 is 0. The van der Waals surface area contributed by atoms with Gasteiger partial charge in [0.2, 0.25) is 5.91 Å². The van der Waals surface area contributed by atoms with E-state index in [0.29, 0.717) is 5.92 Å². The lowest BCUT2D eigenvalue weighted by Crippen LogP contribution is -2.34. The van der Waals surface area contributed by atoms with Gasteiger partial charge in [-0.25, -0.2) is 0 Å². The zero-order valence-corrected chi connectivity index (χ0v) is 12.6. The van der Waals surface area contributed by atoms with Crippen LogP contribution in [0.5, 0.6) is 5.75 Å². The van der Waals surface area contributed by atoms with E-state index in [1.54, 1.807) is 6.07 Å². The zero-order valence-electron chi connectivity index (χ0n) is 11.8. The molecule has 0 spiro atoms. The monoisotopic (exact) mass is 338 g/mol. The summed E-state index contributed by atoms with van der Waals surface area (Å²) in [5, 5.41) is 5.58. The molecule has 1 aliphatic carbocycles. The number of hydrogen-bond donors (Lipinski definition) is 2. The Labute approximate surface area is 132 Å². The van der Waals surface area contributed by atoms with Crippen LogP contribution in [0.3, 0.4) is 0 Å². The van der Waals surface area contributed by atoms with Crippen molar-refractivity contribution in [3.05, 3.63) is 29.8 Å². The quantitative estimate of drug-likeness (QED) is 0.803. The molecule has 1 saturated carbocycles. The van der Waals surface area contributed by atoms with Crippen molar-refractivity contribution in [2.45, 2.75) is 25.7 Å². The largest absolute Gasteiger partial charge is 0.573 e. The van der Waals surface area contributed by atoms with Crippen LogP contribution in [-0.2, 0) is 11.3 Å². The number of carbonyl (C=O) groups excluding carboxylic acids is 1. The highest BCUT2D eigenvalue weighted by Gasteiger charge is 2.31. The predicted octanol–water partition coefficient (Wildman–Crippen LogP) is 2.62. The molecule has 0 radical (unpaired) electrons. The number of para-hydroxylation sites is 1. The molecule has 0 saturated heterocycles. The fraction of sp³-hybridized carbons (Fsp3) is 0.500. The van der Waals surface area contributed by atoms with Gasteiger partial charge in [0.25, 0.3) is 0 Å². The molecule has 0 heterocycles. The van der Waals surface area contributed by atoms with Crippen LogP contribution in [0, 0.1) is 5.92 Å². The van der Waals surface area contributed by atoms with Crippen molar-refractivity contribution in [2.24, 2.45) is 5.92 Å². The van der Waals surface area contributed by atoms with Crippen molar-refractivity contribution in [1.29, 1.82) is 0 Å². The molecule has 1 aromatic rings. The molecule has 2 rings (SSSR count). The van der Waals surface area contributed by atoms with Crippen molar-refractivity contribution in [1.82, 2.24) is 10.6 Å². The van der Waals surface area contributed by atoms with Gasteiger partial charge in [0, 0.05) is 12.1 Å². The predicted molar refractivity (Wildman–Crippen MR) is 77.8 cm³/mol. The summed E-state index contributed by atoms with van der Waals surface area (Å²) in [6.45, 7) is 0.968. The molecule has 2 N–H and O–H groups in total. The Morgan fingerprint density at radius 3 is 2.59 bits per heavy atom. The van der Waals surface area contributed by atoms with Crippen molar-refractivity contribution in [3.63, 3.8) is 0 Å². The van der Waals surface area contributed by atoms with E-state index in [-0.39, 0.29) is 42.7 Å². The van der Waals surface area contributed by atoms with Gasteiger partial charge in [-0.1, -0.05) is 18.2 Å². The first-order valence-electron chi connectivity index (χ1n) is 6.75. The minimum Gasteiger partial charge on any atom is -0.405 e. The van der Waals surface area contributed by atoms with Crippen molar-refractivity contribution < 1.29 is 22.7 Å². The van der Waals surface area contributed by atoms with Crippen LogP contribution >= 0.6 is 12.4 Å². The van der Waals surface area contributed by atoms with Crippen molar-refractivity contribution in [3.8, 4) is 5.75 Å².